The summed E-state index contributed by atoms with van der Waals surface area (Å²) in [5.41, 5.74) is 6.09. The van der Waals surface area contributed by atoms with E-state index in [0.717, 1.165) is 0 Å². The Morgan fingerprint density at radius 3 is 2.93 bits per heavy atom. The van der Waals surface area contributed by atoms with Gasteiger partial charge in [0.25, 0.3) is 11.7 Å². The molecular formula is C7H5N3O3S. The second-order valence-corrected chi connectivity index (χ2v) is 3.35. The summed E-state index contributed by atoms with van der Waals surface area (Å²) >= 11 is 1.31. The molecule has 72 valence electrons. The Morgan fingerprint density at radius 2 is 2.43 bits per heavy atom. The first kappa shape index (κ1) is 8.70. The Labute approximate surface area is 82.0 Å². The molecule has 0 saturated carbocycles. The lowest BCUT2D eigenvalue weighted by Crippen LogP contribution is -1.98. The number of carboxylic acids is 1. The van der Waals surface area contributed by atoms with E-state index in [1.54, 1.807) is 11.4 Å². The quantitative estimate of drug-likeness (QED) is 0.770. The molecule has 0 aromatic carbocycles. The monoisotopic (exact) mass is 211 g/mol. The normalized spacial score (nSPS) is 10.3. The molecule has 7 heteroatoms. The summed E-state index contributed by atoms with van der Waals surface area (Å²) in [6.45, 7) is 0. The van der Waals surface area contributed by atoms with Crippen LogP contribution in [0.2, 0.25) is 0 Å². The maximum absolute atomic E-state index is 10.5. The summed E-state index contributed by atoms with van der Waals surface area (Å²) in [6, 6.07) is 1.69. The molecule has 0 radical (unpaired) electrons. The molecule has 2 aromatic heterocycles. The van der Waals surface area contributed by atoms with E-state index in [1.807, 2.05) is 0 Å². The first-order valence-corrected chi connectivity index (χ1v) is 4.47. The molecule has 0 aliphatic rings. The Hall–Kier alpha value is -1.89. The van der Waals surface area contributed by atoms with E-state index in [4.69, 9.17) is 15.4 Å². The van der Waals surface area contributed by atoms with E-state index in [0.29, 0.717) is 10.6 Å². The lowest BCUT2D eigenvalue weighted by atomic mass is 10.4. The number of carboxylic acid groups (broad SMARTS) is 1. The second-order valence-electron chi connectivity index (χ2n) is 2.43. The van der Waals surface area contributed by atoms with Crippen molar-refractivity contribution in [2.45, 2.75) is 0 Å². The van der Waals surface area contributed by atoms with Crippen molar-refractivity contribution in [2.24, 2.45) is 0 Å². The van der Waals surface area contributed by atoms with Crippen LogP contribution in [0.15, 0.2) is 16.0 Å². The molecule has 3 N–H and O–H groups in total. The number of hydrogen-bond donors (Lipinski definition) is 2. The topological polar surface area (TPSA) is 102 Å². The summed E-state index contributed by atoms with van der Waals surface area (Å²) in [5.74, 6) is -1.46. The van der Waals surface area contributed by atoms with Gasteiger partial charge < -0.3 is 15.4 Å². The molecule has 0 amide bonds. The van der Waals surface area contributed by atoms with Crippen LogP contribution < -0.4 is 5.73 Å². The van der Waals surface area contributed by atoms with E-state index in [1.165, 1.54) is 11.3 Å². The molecule has 14 heavy (non-hydrogen) atoms. The number of anilines is 1. The highest BCUT2D eigenvalue weighted by Crippen LogP contribution is 2.29. The molecule has 0 saturated heterocycles. The second kappa shape index (κ2) is 3.11. The number of thiophene rings is 1. The van der Waals surface area contributed by atoms with Gasteiger partial charge in [-0.05, 0) is 16.6 Å². The van der Waals surface area contributed by atoms with Crippen LogP contribution >= 0.6 is 11.3 Å². The van der Waals surface area contributed by atoms with Gasteiger partial charge in [-0.2, -0.15) is 4.98 Å². The lowest BCUT2D eigenvalue weighted by Gasteiger charge is -1.88. The molecule has 0 aliphatic heterocycles. The number of rotatable bonds is 2. The largest absolute Gasteiger partial charge is 0.475 e. The predicted octanol–water partition coefficient (Wildman–Crippen LogP) is 1.08. The van der Waals surface area contributed by atoms with E-state index >= 15 is 0 Å². The van der Waals surface area contributed by atoms with E-state index in [2.05, 4.69) is 10.1 Å². The first-order valence-electron chi connectivity index (χ1n) is 3.59. The van der Waals surface area contributed by atoms with Gasteiger partial charge in [-0.25, -0.2) is 4.79 Å². The fourth-order valence-corrected chi connectivity index (χ4v) is 1.63. The smallest absolute Gasteiger partial charge is 0.377 e. The number of nitrogens with two attached hydrogens (primary N) is 1. The van der Waals surface area contributed by atoms with E-state index in [9.17, 15) is 4.79 Å². The Balaban J connectivity index is 2.43. The molecule has 2 heterocycles. The minimum atomic E-state index is -1.23. The van der Waals surface area contributed by atoms with Gasteiger partial charge in [0.2, 0.25) is 0 Å². The number of aromatic nitrogens is 2. The van der Waals surface area contributed by atoms with Crippen molar-refractivity contribution in [3.05, 3.63) is 17.3 Å². The van der Waals surface area contributed by atoms with E-state index in [-0.39, 0.29) is 11.7 Å². The van der Waals surface area contributed by atoms with E-state index < -0.39 is 5.97 Å². The first-order chi connectivity index (χ1) is 6.68. The molecule has 0 spiro atoms. The molecule has 0 fully saturated rings. The lowest BCUT2D eigenvalue weighted by molar-refractivity contribution is 0.0680. The van der Waals surface area contributed by atoms with Gasteiger partial charge in [-0.1, -0.05) is 0 Å². The maximum atomic E-state index is 10.5. The third-order valence-electron chi connectivity index (χ3n) is 1.51. The number of aromatic carboxylic acids is 1. The van der Waals surface area contributed by atoms with Crippen molar-refractivity contribution in [1.29, 1.82) is 0 Å². The zero-order chi connectivity index (χ0) is 10.1. The van der Waals surface area contributed by atoms with Crippen LogP contribution in [0.25, 0.3) is 10.8 Å². The van der Waals surface area contributed by atoms with Crippen LogP contribution in [0.1, 0.15) is 10.6 Å². The standard InChI is InChI=1S/C7H5N3O3S/c8-3-1-2-14-4(3)6-9-5(7(11)12)10-13-6/h1-2H,8H2,(H,11,12). The highest BCUT2D eigenvalue weighted by Gasteiger charge is 2.16. The third kappa shape index (κ3) is 1.33. The van der Waals surface area contributed by atoms with Crippen LogP contribution in [0, 0.1) is 0 Å². The van der Waals surface area contributed by atoms with Gasteiger partial charge in [-0.15, -0.1) is 11.3 Å². The fourth-order valence-electron chi connectivity index (χ4n) is 0.896. The van der Waals surface area contributed by atoms with Gasteiger partial charge in [0, 0.05) is 0 Å². The Morgan fingerprint density at radius 1 is 1.64 bits per heavy atom. The Kier molecular flexibility index (Phi) is 1.93. The van der Waals surface area contributed by atoms with Crippen molar-refractivity contribution in [3.63, 3.8) is 0 Å². The fraction of sp³-hybridized carbons (Fsp3) is 0. The van der Waals surface area contributed by atoms with Crippen molar-refractivity contribution in [2.75, 3.05) is 5.73 Å². The maximum Gasteiger partial charge on any atom is 0.377 e. The molecule has 6 nitrogen and oxygen atoms in total. The molecule has 0 aliphatic carbocycles. The summed E-state index contributed by atoms with van der Waals surface area (Å²) in [7, 11) is 0. The predicted molar refractivity (Wildman–Crippen MR) is 49.0 cm³/mol. The SMILES string of the molecule is Nc1ccsc1-c1nc(C(=O)O)no1. The van der Waals surface area contributed by atoms with Crippen molar-refractivity contribution >= 4 is 23.0 Å². The van der Waals surface area contributed by atoms with Crippen LogP contribution in [-0.2, 0) is 0 Å². The summed E-state index contributed by atoms with van der Waals surface area (Å²) in [5, 5.41) is 13.6. The summed E-state index contributed by atoms with van der Waals surface area (Å²) in [4.78, 5) is 14.7. The number of carbonyl (C=O) groups is 1. The van der Waals surface area contributed by atoms with Gasteiger partial charge >= 0.3 is 5.97 Å². The van der Waals surface area contributed by atoms with Crippen LogP contribution in [0.4, 0.5) is 5.69 Å². The van der Waals surface area contributed by atoms with Gasteiger partial charge in [-0.3, -0.25) is 0 Å². The van der Waals surface area contributed by atoms with Crippen molar-refractivity contribution < 1.29 is 14.4 Å². The highest BCUT2D eigenvalue weighted by molar-refractivity contribution is 7.14. The summed E-state index contributed by atoms with van der Waals surface area (Å²) in [6.07, 6.45) is 0. The zero-order valence-corrected chi connectivity index (χ0v) is 7.61. The molecule has 2 aromatic rings. The Bertz CT molecular complexity index is 476. The zero-order valence-electron chi connectivity index (χ0n) is 6.80. The van der Waals surface area contributed by atoms with Crippen molar-refractivity contribution in [3.8, 4) is 10.8 Å². The molecule has 0 unspecified atom stereocenters. The minimum Gasteiger partial charge on any atom is -0.475 e. The molecule has 2 rings (SSSR count). The molecule has 0 atom stereocenters. The number of hydrogen-bond acceptors (Lipinski definition) is 6. The third-order valence-corrected chi connectivity index (χ3v) is 2.43. The molecular weight excluding hydrogens is 206 g/mol. The minimum absolute atomic E-state index is 0.134. The van der Waals surface area contributed by atoms with Crippen molar-refractivity contribution in [1.82, 2.24) is 10.1 Å². The van der Waals surface area contributed by atoms with Crippen LogP contribution in [-0.4, -0.2) is 21.2 Å². The number of nitrogens with zero attached hydrogens (tertiary/aromatic N) is 2. The van der Waals surface area contributed by atoms with Gasteiger partial charge in [0.05, 0.1) is 5.69 Å². The average Bonchev–Trinajstić information content (AvgIpc) is 2.71. The summed E-state index contributed by atoms with van der Waals surface area (Å²) < 4.78 is 4.74. The molecule has 0 bridgehead atoms. The average molecular weight is 211 g/mol. The van der Waals surface area contributed by atoms with Gasteiger partial charge in [0.1, 0.15) is 4.88 Å². The van der Waals surface area contributed by atoms with Gasteiger partial charge in [0.15, 0.2) is 0 Å². The number of nitrogen functional groups attached to an aromatic ring is 1. The van der Waals surface area contributed by atoms with Crippen LogP contribution in [0.3, 0.4) is 0 Å². The highest BCUT2D eigenvalue weighted by atomic mass is 32.1. The van der Waals surface area contributed by atoms with Crippen LogP contribution in [0.5, 0.6) is 0 Å².